The minimum absolute atomic E-state index is 0.529. The molecule has 0 spiro atoms. The highest BCUT2D eigenvalue weighted by molar-refractivity contribution is 6.25. The van der Waals surface area contributed by atoms with E-state index in [0.717, 1.165) is 11.2 Å². The Morgan fingerprint density at radius 2 is 0.900 bits per heavy atom. The topological polar surface area (TPSA) is 13.1 Å². The van der Waals surface area contributed by atoms with Crippen LogP contribution in [0, 0.1) is 6.92 Å². The van der Waals surface area contributed by atoms with E-state index in [9.17, 15) is 0 Å². The van der Waals surface area contributed by atoms with E-state index in [1.807, 2.05) is 0 Å². The first-order chi connectivity index (χ1) is 29.6. The number of aryl methyl sites for hydroxylation is 1. The van der Waals surface area contributed by atoms with Gasteiger partial charge in [0.25, 0.3) is 0 Å². The van der Waals surface area contributed by atoms with Gasteiger partial charge in [-0.05, 0) is 177 Å². The molecule has 0 N–H and O–H groups in total. The lowest BCUT2D eigenvalue weighted by Crippen LogP contribution is -2.10. The highest BCUT2D eigenvalue weighted by Gasteiger charge is 2.26. The van der Waals surface area contributed by atoms with E-state index in [0.29, 0.717) is 5.92 Å². The van der Waals surface area contributed by atoms with Gasteiger partial charge >= 0.3 is 0 Å². The Bertz CT molecular complexity index is 3760. The molecule has 0 unspecified atom stereocenters. The van der Waals surface area contributed by atoms with Crippen LogP contribution in [0.25, 0.3) is 120 Å². The highest BCUT2D eigenvalue weighted by atomic mass is 16.3. The Kier molecular flexibility index (Phi) is 7.24. The molecule has 0 bridgehead atoms. The molecule has 0 saturated heterocycles. The van der Waals surface area contributed by atoms with Gasteiger partial charge in [-0.1, -0.05) is 146 Å². The first-order valence-corrected chi connectivity index (χ1v) is 21.4. The van der Waals surface area contributed by atoms with Gasteiger partial charge in [0.15, 0.2) is 0 Å². The Balaban J connectivity index is 1.02. The van der Waals surface area contributed by atoms with Crippen LogP contribution >= 0.6 is 0 Å². The van der Waals surface area contributed by atoms with Crippen LogP contribution in [-0.2, 0) is 0 Å². The zero-order valence-electron chi connectivity index (χ0n) is 33.4. The van der Waals surface area contributed by atoms with Crippen molar-refractivity contribution in [2.24, 2.45) is 0 Å². The molecule has 1 heterocycles. The van der Waals surface area contributed by atoms with Gasteiger partial charge in [0.2, 0.25) is 0 Å². The summed E-state index contributed by atoms with van der Waals surface area (Å²) < 4.78 is 6.83. The summed E-state index contributed by atoms with van der Waals surface area (Å²) in [6, 6.07) is 68.0. The van der Waals surface area contributed by atoms with Crippen molar-refractivity contribution in [2.75, 3.05) is 0 Å². The Morgan fingerprint density at radius 1 is 0.367 bits per heavy atom. The highest BCUT2D eigenvalue weighted by Crippen LogP contribution is 2.48. The van der Waals surface area contributed by atoms with Crippen molar-refractivity contribution < 1.29 is 4.42 Å². The first-order valence-electron chi connectivity index (χ1n) is 21.4. The van der Waals surface area contributed by atoms with Crippen LogP contribution in [0.2, 0.25) is 0 Å². The van der Waals surface area contributed by atoms with Crippen LogP contribution < -0.4 is 0 Å². The third-order valence-corrected chi connectivity index (χ3v) is 13.8. The molecule has 0 amide bonds. The lowest BCUT2D eigenvalue weighted by molar-refractivity contribution is 0.421. The minimum Gasteiger partial charge on any atom is -0.456 e. The summed E-state index contributed by atoms with van der Waals surface area (Å²) in [4.78, 5) is 0. The van der Waals surface area contributed by atoms with Gasteiger partial charge in [-0.15, -0.1) is 0 Å². The molecule has 0 atom stereocenters. The van der Waals surface area contributed by atoms with Crippen LogP contribution in [0.4, 0.5) is 0 Å². The first kappa shape index (κ1) is 33.7. The number of hydrogen-bond acceptors (Lipinski definition) is 1. The van der Waals surface area contributed by atoms with Gasteiger partial charge in [0.1, 0.15) is 11.2 Å². The standard InChI is InChI=1S/C59H40O/c1-35-21-22-41(51-30-39-13-4-6-17-43(39)47-26-23-37-11-2-8-19-45(37)58(47)51)29-49(35)53-34-57-55(33-50(53)36-15-10-16-36)54-32-42(25-28-56(54)60-57)52-31-40-14-5-7-18-44(40)48-27-24-38-12-3-9-20-46(38)59(48)52/h2-9,11-14,17-34,36H,10,15-16H2,1H3. The van der Waals surface area contributed by atoms with E-state index in [2.05, 4.69) is 189 Å². The molecule has 0 radical (unpaired) electrons. The largest absolute Gasteiger partial charge is 0.456 e. The molecule has 60 heavy (non-hydrogen) atoms. The summed E-state index contributed by atoms with van der Waals surface area (Å²) in [5.74, 6) is 0.529. The number of fused-ring (bicyclic) bond motifs is 13. The minimum atomic E-state index is 0.529. The number of hydrogen-bond donors (Lipinski definition) is 0. The van der Waals surface area contributed by atoms with E-state index in [1.165, 1.54) is 139 Å². The van der Waals surface area contributed by atoms with Crippen molar-refractivity contribution >= 4 is 86.6 Å². The maximum Gasteiger partial charge on any atom is 0.136 e. The van der Waals surface area contributed by atoms with Crippen LogP contribution in [-0.4, -0.2) is 0 Å². The summed E-state index contributed by atoms with van der Waals surface area (Å²) in [5, 5.41) is 17.8. The summed E-state index contributed by atoms with van der Waals surface area (Å²) in [7, 11) is 0. The molecule has 1 saturated carbocycles. The van der Waals surface area contributed by atoms with Crippen LogP contribution in [0.15, 0.2) is 186 Å². The second kappa shape index (κ2) is 12.9. The van der Waals surface area contributed by atoms with Gasteiger partial charge < -0.3 is 4.42 Å². The summed E-state index contributed by atoms with van der Waals surface area (Å²) in [6.07, 6.45) is 3.71. The smallest absolute Gasteiger partial charge is 0.136 e. The summed E-state index contributed by atoms with van der Waals surface area (Å²) >= 11 is 0. The average Bonchev–Trinajstić information content (AvgIpc) is 3.64. The number of rotatable bonds is 4. The van der Waals surface area contributed by atoms with Gasteiger partial charge in [-0.25, -0.2) is 0 Å². The quantitative estimate of drug-likeness (QED) is 0.163. The maximum absolute atomic E-state index is 6.83. The molecule has 0 aliphatic heterocycles. The van der Waals surface area contributed by atoms with Crippen molar-refractivity contribution in [1.82, 2.24) is 0 Å². The molecular weight excluding hydrogens is 725 g/mol. The Labute approximate surface area is 348 Å². The Hall–Kier alpha value is -7.22. The van der Waals surface area contributed by atoms with E-state index in [-0.39, 0.29) is 0 Å². The third-order valence-electron chi connectivity index (χ3n) is 13.8. The van der Waals surface area contributed by atoms with Crippen molar-refractivity contribution in [3.8, 4) is 33.4 Å². The molecular formula is C59H40O. The maximum atomic E-state index is 6.83. The van der Waals surface area contributed by atoms with E-state index in [4.69, 9.17) is 4.42 Å². The summed E-state index contributed by atoms with van der Waals surface area (Å²) in [5.41, 5.74) is 12.2. The molecule has 1 nitrogen and oxygen atoms in total. The average molecular weight is 765 g/mol. The van der Waals surface area contributed by atoms with E-state index in [1.54, 1.807) is 0 Å². The molecule has 1 aromatic heterocycles. The fraction of sp³-hybridized carbons (Fsp3) is 0.0847. The Morgan fingerprint density at radius 3 is 1.50 bits per heavy atom. The predicted octanol–water partition coefficient (Wildman–Crippen LogP) is 17.1. The summed E-state index contributed by atoms with van der Waals surface area (Å²) in [6.45, 7) is 2.27. The van der Waals surface area contributed by atoms with Crippen LogP contribution in [0.5, 0.6) is 0 Å². The van der Waals surface area contributed by atoms with Gasteiger partial charge in [0.05, 0.1) is 0 Å². The molecule has 12 aromatic rings. The van der Waals surface area contributed by atoms with Crippen molar-refractivity contribution in [3.05, 3.63) is 193 Å². The van der Waals surface area contributed by atoms with E-state index >= 15 is 0 Å². The van der Waals surface area contributed by atoms with Gasteiger partial charge in [0, 0.05) is 10.8 Å². The van der Waals surface area contributed by atoms with Crippen molar-refractivity contribution in [2.45, 2.75) is 32.1 Å². The molecule has 1 heteroatoms. The number of furan rings is 1. The fourth-order valence-corrected chi connectivity index (χ4v) is 10.6. The van der Waals surface area contributed by atoms with Crippen molar-refractivity contribution in [3.63, 3.8) is 0 Å². The normalized spacial score (nSPS) is 13.5. The fourth-order valence-electron chi connectivity index (χ4n) is 10.6. The van der Waals surface area contributed by atoms with E-state index < -0.39 is 0 Å². The monoisotopic (exact) mass is 764 g/mol. The second-order valence-electron chi connectivity index (χ2n) is 17.1. The molecule has 13 rings (SSSR count). The molecule has 282 valence electrons. The van der Waals surface area contributed by atoms with Crippen LogP contribution in [0.3, 0.4) is 0 Å². The lowest BCUT2D eigenvalue weighted by Gasteiger charge is -2.28. The molecule has 1 fully saturated rings. The van der Waals surface area contributed by atoms with Crippen molar-refractivity contribution in [1.29, 1.82) is 0 Å². The molecule has 1 aliphatic rings. The zero-order valence-corrected chi connectivity index (χ0v) is 33.4. The molecule has 1 aliphatic carbocycles. The lowest BCUT2D eigenvalue weighted by atomic mass is 9.76. The predicted molar refractivity (Wildman–Crippen MR) is 256 cm³/mol. The zero-order chi connectivity index (χ0) is 39.5. The van der Waals surface area contributed by atoms with Gasteiger partial charge in [-0.2, -0.15) is 0 Å². The SMILES string of the molecule is Cc1ccc(-c2cc3ccccc3c3ccc4ccccc4c23)cc1-c1cc2oc3ccc(-c4cc5ccccc5c5ccc6ccccc6c45)cc3c2cc1C1CCC1. The van der Waals surface area contributed by atoms with Gasteiger partial charge in [-0.3, -0.25) is 0 Å². The third kappa shape index (κ3) is 4.99. The number of benzene rings is 11. The molecule has 11 aromatic carbocycles. The second-order valence-corrected chi connectivity index (χ2v) is 17.1. The van der Waals surface area contributed by atoms with Crippen LogP contribution in [0.1, 0.15) is 36.3 Å².